The average molecular weight is 334 g/mol. The zero-order chi connectivity index (χ0) is 16.7. The first-order chi connectivity index (χ1) is 11.1. The highest BCUT2D eigenvalue weighted by molar-refractivity contribution is 6.30. The van der Waals surface area contributed by atoms with Crippen LogP contribution in [0.4, 0.5) is 10.5 Å². The van der Waals surface area contributed by atoms with Crippen LogP contribution in [0.15, 0.2) is 54.6 Å². The first-order valence-electron chi connectivity index (χ1n) is 6.87. The topological polar surface area (TPSA) is 81.7 Å². The van der Waals surface area contributed by atoms with Crippen LogP contribution in [0.25, 0.3) is 0 Å². The van der Waals surface area contributed by atoms with Crippen molar-refractivity contribution >= 4 is 29.2 Å². The largest absolute Gasteiger partial charge is 0.322 e. The molecule has 120 valence electrons. The van der Waals surface area contributed by atoms with Crippen LogP contribution in [-0.4, -0.2) is 28.6 Å². The van der Waals surface area contributed by atoms with E-state index in [9.17, 15) is 9.59 Å². The van der Waals surface area contributed by atoms with Gasteiger partial charge in [0.05, 0.1) is 0 Å². The van der Waals surface area contributed by atoms with E-state index in [1.165, 1.54) is 10.4 Å². The first kappa shape index (κ1) is 16.8. The minimum atomic E-state index is -0.679. The van der Waals surface area contributed by atoms with Crippen molar-refractivity contribution < 1.29 is 14.8 Å². The highest BCUT2D eigenvalue weighted by Gasteiger charge is 2.17. The minimum Gasteiger partial charge on any atom is -0.311 e. The molecule has 2 aromatic carbocycles. The first-order valence-corrected chi connectivity index (χ1v) is 7.24. The van der Waals surface area contributed by atoms with Gasteiger partial charge in [0.25, 0.3) is 5.91 Å². The van der Waals surface area contributed by atoms with Gasteiger partial charge in [-0.15, -0.1) is 0 Å². The molecule has 0 radical (unpaired) electrons. The van der Waals surface area contributed by atoms with Gasteiger partial charge < -0.3 is 10.2 Å². The lowest BCUT2D eigenvalue weighted by Crippen LogP contribution is -2.41. The number of nitrogens with one attached hydrogen (secondary N) is 2. The molecule has 0 saturated carbocycles. The van der Waals surface area contributed by atoms with E-state index in [1.807, 2.05) is 30.3 Å². The third-order valence-corrected chi connectivity index (χ3v) is 3.27. The van der Waals surface area contributed by atoms with Crippen LogP contribution in [0.3, 0.4) is 0 Å². The molecule has 0 aliphatic carbocycles. The molecule has 0 saturated heterocycles. The molecule has 3 N–H and O–H groups in total. The van der Waals surface area contributed by atoms with Gasteiger partial charge in [0.2, 0.25) is 0 Å². The number of amides is 3. The number of benzene rings is 2. The molecule has 0 aliphatic heterocycles. The summed E-state index contributed by atoms with van der Waals surface area (Å²) in [5.74, 6) is -0.679. The summed E-state index contributed by atoms with van der Waals surface area (Å²) in [4.78, 5) is 25.1. The van der Waals surface area contributed by atoms with Crippen LogP contribution < -0.4 is 10.8 Å². The van der Waals surface area contributed by atoms with Crippen LogP contribution in [0.5, 0.6) is 0 Å². The van der Waals surface area contributed by atoms with Gasteiger partial charge in [-0.2, -0.15) is 0 Å². The fourth-order valence-corrected chi connectivity index (χ4v) is 2.17. The van der Waals surface area contributed by atoms with Gasteiger partial charge in [-0.3, -0.25) is 10.0 Å². The van der Waals surface area contributed by atoms with Crippen molar-refractivity contribution in [2.24, 2.45) is 0 Å². The average Bonchev–Trinajstić information content (AvgIpc) is 2.55. The molecule has 0 unspecified atom stereocenters. The Morgan fingerprint density at radius 2 is 1.83 bits per heavy atom. The van der Waals surface area contributed by atoms with Crippen LogP contribution in [0, 0.1) is 0 Å². The zero-order valence-electron chi connectivity index (χ0n) is 12.2. The zero-order valence-corrected chi connectivity index (χ0v) is 13.0. The highest BCUT2D eigenvalue weighted by atomic mass is 35.5. The van der Waals surface area contributed by atoms with Crippen molar-refractivity contribution in [2.45, 2.75) is 6.54 Å². The van der Waals surface area contributed by atoms with Crippen molar-refractivity contribution in [1.29, 1.82) is 0 Å². The van der Waals surface area contributed by atoms with Gasteiger partial charge in [-0.25, -0.2) is 10.3 Å². The molecule has 0 aliphatic rings. The maximum absolute atomic E-state index is 12.4. The second kappa shape index (κ2) is 8.17. The Morgan fingerprint density at radius 1 is 1.09 bits per heavy atom. The summed E-state index contributed by atoms with van der Waals surface area (Å²) in [6.45, 7) is -0.0571. The van der Waals surface area contributed by atoms with Crippen LogP contribution in [0.1, 0.15) is 5.56 Å². The molecule has 2 rings (SSSR count). The number of rotatable bonds is 5. The minimum absolute atomic E-state index is 0.223. The van der Waals surface area contributed by atoms with Crippen molar-refractivity contribution in [2.75, 3.05) is 11.9 Å². The maximum Gasteiger partial charge on any atom is 0.322 e. The normalized spacial score (nSPS) is 10.0. The summed E-state index contributed by atoms with van der Waals surface area (Å²) < 4.78 is 0. The molecule has 0 atom stereocenters. The molecule has 23 heavy (non-hydrogen) atoms. The summed E-state index contributed by atoms with van der Waals surface area (Å²) in [5.41, 5.74) is 2.91. The number of halogens is 1. The van der Waals surface area contributed by atoms with Gasteiger partial charge in [0.1, 0.15) is 6.54 Å². The smallest absolute Gasteiger partial charge is 0.311 e. The SMILES string of the molecule is O=C(CN(Cc1ccccc1)C(=O)Nc1cccc(Cl)c1)NO. The van der Waals surface area contributed by atoms with Gasteiger partial charge in [0, 0.05) is 17.3 Å². The number of hydrogen-bond donors (Lipinski definition) is 3. The number of hydroxylamine groups is 1. The van der Waals surface area contributed by atoms with E-state index in [2.05, 4.69) is 5.32 Å². The predicted molar refractivity (Wildman–Crippen MR) is 87.3 cm³/mol. The summed E-state index contributed by atoms with van der Waals surface area (Å²) in [6, 6.07) is 15.5. The van der Waals surface area contributed by atoms with E-state index in [0.29, 0.717) is 10.7 Å². The predicted octanol–water partition coefficient (Wildman–Crippen LogP) is 2.88. The van der Waals surface area contributed by atoms with Gasteiger partial charge in [-0.1, -0.05) is 48.0 Å². The van der Waals surface area contributed by atoms with Crippen molar-refractivity contribution in [3.8, 4) is 0 Å². The Morgan fingerprint density at radius 3 is 2.48 bits per heavy atom. The maximum atomic E-state index is 12.4. The van der Waals surface area contributed by atoms with Crippen molar-refractivity contribution in [3.63, 3.8) is 0 Å². The van der Waals surface area contributed by atoms with E-state index < -0.39 is 11.9 Å². The van der Waals surface area contributed by atoms with E-state index in [-0.39, 0.29) is 13.1 Å². The van der Waals surface area contributed by atoms with E-state index in [4.69, 9.17) is 16.8 Å². The molecule has 0 bridgehead atoms. The molecule has 0 aromatic heterocycles. The molecule has 6 nitrogen and oxygen atoms in total. The molecule has 3 amide bonds. The quantitative estimate of drug-likeness (QED) is 0.581. The monoisotopic (exact) mass is 333 g/mol. The number of anilines is 1. The van der Waals surface area contributed by atoms with E-state index in [0.717, 1.165) is 5.56 Å². The fourth-order valence-electron chi connectivity index (χ4n) is 1.98. The summed E-state index contributed by atoms with van der Waals surface area (Å²) in [5, 5.41) is 11.8. The molecule has 0 spiro atoms. The second-order valence-corrected chi connectivity index (χ2v) is 5.25. The number of carbonyl (C=O) groups is 2. The molecule has 7 heteroatoms. The molecular formula is C16H16ClN3O3. The third kappa shape index (κ3) is 5.28. The van der Waals surface area contributed by atoms with Gasteiger partial charge >= 0.3 is 6.03 Å². The molecule has 0 heterocycles. The Bertz CT molecular complexity index is 679. The van der Waals surface area contributed by atoms with Crippen LogP contribution in [0.2, 0.25) is 5.02 Å². The lowest BCUT2D eigenvalue weighted by Gasteiger charge is -2.22. The second-order valence-electron chi connectivity index (χ2n) is 4.82. The highest BCUT2D eigenvalue weighted by Crippen LogP contribution is 2.16. The van der Waals surface area contributed by atoms with Gasteiger partial charge in [-0.05, 0) is 23.8 Å². The summed E-state index contributed by atoms with van der Waals surface area (Å²) in [7, 11) is 0. The Hall–Kier alpha value is -2.57. The van der Waals surface area contributed by atoms with E-state index in [1.54, 1.807) is 24.3 Å². The lowest BCUT2D eigenvalue weighted by molar-refractivity contribution is -0.129. The Kier molecular flexibility index (Phi) is 5.96. The van der Waals surface area contributed by atoms with Crippen LogP contribution in [-0.2, 0) is 11.3 Å². The summed E-state index contributed by atoms with van der Waals surface area (Å²) in [6.07, 6.45) is 0. The number of carbonyl (C=O) groups excluding carboxylic acids is 2. The van der Waals surface area contributed by atoms with E-state index >= 15 is 0 Å². The Labute approximate surface area is 138 Å². The number of hydrogen-bond acceptors (Lipinski definition) is 3. The van der Waals surface area contributed by atoms with Crippen molar-refractivity contribution in [1.82, 2.24) is 10.4 Å². The van der Waals surface area contributed by atoms with Crippen LogP contribution >= 0.6 is 11.6 Å². The molecule has 0 fully saturated rings. The third-order valence-electron chi connectivity index (χ3n) is 3.04. The fraction of sp³-hybridized carbons (Fsp3) is 0.125. The van der Waals surface area contributed by atoms with Gasteiger partial charge in [0.15, 0.2) is 0 Å². The van der Waals surface area contributed by atoms with Crippen molar-refractivity contribution in [3.05, 3.63) is 65.2 Å². The number of nitrogens with zero attached hydrogens (tertiary/aromatic N) is 1. The Balaban J connectivity index is 2.11. The standard InChI is InChI=1S/C16H16ClN3O3/c17-13-7-4-8-14(9-13)18-16(22)20(11-15(21)19-23)10-12-5-2-1-3-6-12/h1-9,23H,10-11H2,(H,18,22)(H,19,21). The molecular weight excluding hydrogens is 318 g/mol. The lowest BCUT2D eigenvalue weighted by atomic mass is 10.2. The molecule has 2 aromatic rings. The summed E-state index contributed by atoms with van der Waals surface area (Å²) >= 11 is 5.88. The number of urea groups is 1.